The molecule has 1 aromatic rings. The zero-order chi connectivity index (χ0) is 11.8. The van der Waals surface area contributed by atoms with Gasteiger partial charge in [0.15, 0.2) is 0 Å². The lowest BCUT2D eigenvalue weighted by Gasteiger charge is -2.19. The highest BCUT2D eigenvalue weighted by molar-refractivity contribution is 9.11. The van der Waals surface area contributed by atoms with Crippen molar-refractivity contribution in [3.63, 3.8) is 0 Å². The maximum Gasteiger partial charge on any atom is 0.252 e. The van der Waals surface area contributed by atoms with Crippen molar-refractivity contribution in [3.05, 3.63) is 15.4 Å². The minimum Gasteiger partial charge on any atom is -0.206 e. The fraction of sp³-hybridized carbons (Fsp3) is 0.556. The van der Waals surface area contributed by atoms with Crippen molar-refractivity contribution >= 4 is 37.3 Å². The summed E-state index contributed by atoms with van der Waals surface area (Å²) in [4.78, 5) is 0. The molecule has 0 saturated heterocycles. The number of halogens is 1. The molecule has 0 bridgehead atoms. The summed E-state index contributed by atoms with van der Waals surface area (Å²) in [5, 5.41) is 0. The van der Waals surface area contributed by atoms with Crippen LogP contribution in [0, 0.1) is 6.92 Å². The molecule has 0 N–H and O–H groups in total. The largest absolute Gasteiger partial charge is 0.252 e. The quantitative estimate of drug-likeness (QED) is 0.860. The zero-order valence-electron chi connectivity index (χ0n) is 9.11. The number of sulfonamides is 1. The first-order valence-corrected chi connectivity index (χ1v) is 7.55. The minimum absolute atomic E-state index is 0.0313. The number of thiophene rings is 1. The third-order valence-corrected chi connectivity index (χ3v) is 6.81. The molecular formula is C9H14BrNO2S2. The van der Waals surface area contributed by atoms with E-state index >= 15 is 0 Å². The maximum absolute atomic E-state index is 12.1. The molecule has 0 amide bonds. The molecule has 0 aromatic carbocycles. The average Bonchev–Trinajstić information content (AvgIpc) is 2.46. The van der Waals surface area contributed by atoms with E-state index in [1.807, 2.05) is 20.8 Å². The molecule has 1 aromatic heterocycles. The highest BCUT2D eigenvalue weighted by Crippen LogP contribution is 2.32. The van der Waals surface area contributed by atoms with Crippen LogP contribution >= 0.6 is 27.3 Å². The van der Waals surface area contributed by atoms with Crippen LogP contribution in [0.25, 0.3) is 0 Å². The maximum atomic E-state index is 12.1. The van der Waals surface area contributed by atoms with Crippen LogP contribution < -0.4 is 0 Å². The molecule has 15 heavy (non-hydrogen) atoms. The van der Waals surface area contributed by atoms with Gasteiger partial charge < -0.3 is 0 Å². The lowest BCUT2D eigenvalue weighted by Crippen LogP contribution is -2.32. The number of aryl methyl sites for hydroxylation is 1. The van der Waals surface area contributed by atoms with Gasteiger partial charge in [0.25, 0.3) is 10.0 Å². The Balaban J connectivity index is 3.17. The van der Waals surface area contributed by atoms with Gasteiger partial charge in [-0.3, -0.25) is 0 Å². The number of hydrogen-bond acceptors (Lipinski definition) is 3. The fourth-order valence-corrected chi connectivity index (χ4v) is 4.76. The van der Waals surface area contributed by atoms with Crippen LogP contribution in [-0.4, -0.2) is 25.8 Å². The second-order valence-electron chi connectivity index (χ2n) is 3.64. The highest BCUT2D eigenvalue weighted by Gasteiger charge is 2.25. The molecule has 86 valence electrons. The van der Waals surface area contributed by atoms with Crippen molar-refractivity contribution < 1.29 is 8.42 Å². The first-order valence-electron chi connectivity index (χ1n) is 4.50. The molecule has 1 rings (SSSR count). The van der Waals surface area contributed by atoms with Gasteiger partial charge >= 0.3 is 0 Å². The Labute approximate surface area is 103 Å². The second kappa shape index (κ2) is 4.53. The van der Waals surface area contributed by atoms with E-state index in [1.54, 1.807) is 13.1 Å². The summed E-state index contributed by atoms with van der Waals surface area (Å²) in [5.74, 6) is 0. The Morgan fingerprint density at radius 1 is 1.47 bits per heavy atom. The van der Waals surface area contributed by atoms with Gasteiger partial charge in [0, 0.05) is 13.1 Å². The van der Waals surface area contributed by atoms with E-state index in [0.717, 1.165) is 9.35 Å². The predicted octanol–water partition coefficient (Wildman–Crippen LogP) is 2.85. The summed E-state index contributed by atoms with van der Waals surface area (Å²) in [6.07, 6.45) is 0. The third-order valence-electron chi connectivity index (χ3n) is 2.20. The van der Waals surface area contributed by atoms with Crippen LogP contribution in [0.15, 0.2) is 14.1 Å². The molecule has 0 aliphatic carbocycles. The molecule has 0 aliphatic heterocycles. The van der Waals surface area contributed by atoms with Crippen LogP contribution in [0.4, 0.5) is 0 Å². The van der Waals surface area contributed by atoms with E-state index in [4.69, 9.17) is 0 Å². The monoisotopic (exact) mass is 311 g/mol. The standard InChI is InChI=1S/C9H14BrNO2S2/c1-6(2)11(4)15(12,13)8-5-7(3)9(10)14-8/h5-6H,1-4H3. The van der Waals surface area contributed by atoms with E-state index < -0.39 is 10.0 Å². The molecule has 1 heterocycles. The smallest absolute Gasteiger partial charge is 0.206 e. The van der Waals surface area contributed by atoms with Gasteiger partial charge in [0.1, 0.15) is 4.21 Å². The number of nitrogens with zero attached hydrogens (tertiary/aromatic N) is 1. The Bertz CT molecular complexity index is 431. The summed E-state index contributed by atoms with van der Waals surface area (Å²) < 4.78 is 26.8. The number of hydrogen-bond donors (Lipinski definition) is 0. The van der Waals surface area contributed by atoms with Crippen molar-refractivity contribution in [2.45, 2.75) is 31.0 Å². The summed E-state index contributed by atoms with van der Waals surface area (Å²) in [6.45, 7) is 5.59. The van der Waals surface area contributed by atoms with E-state index in [2.05, 4.69) is 15.9 Å². The predicted molar refractivity (Wildman–Crippen MR) is 66.8 cm³/mol. The molecule has 0 fully saturated rings. The number of rotatable bonds is 3. The summed E-state index contributed by atoms with van der Waals surface area (Å²) in [6, 6.07) is 1.67. The molecule has 6 heteroatoms. The molecule has 0 aliphatic rings. The van der Waals surface area contributed by atoms with Gasteiger partial charge in [-0.15, -0.1) is 11.3 Å². The second-order valence-corrected chi connectivity index (χ2v) is 8.23. The summed E-state index contributed by atoms with van der Waals surface area (Å²) in [7, 11) is -1.72. The molecular weight excluding hydrogens is 298 g/mol. The van der Waals surface area contributed by atoms with Gasteiger partial charge in [-0.2, -0.15) is 4.31 Å². The Hall–Kier alpha value is 0.0900. The van der Waals surface area contributed by atoms with Crippen molar-refractivity contribution in [1.82, 2.24) is 4.31 Å². The zero-order valence-corrected chi connectivity index (χ0v) is 12.3. The lowest BCUT2D eigenvalue weighted by atomic mass is 10.4. The fourth-order valence-electron chi connectivity index (χ4n) is 0.978. The van der Waals surface area contributed by atoms with Gasteiger partial charge in [-0.25, -0.2) is 8.42 Å². The van der Waals surface area contributed by atoms with E-state index in [0.29, 0.717) is 4.21 Å². The van der Waals surface area contributed by atoms with E-state index in [1.165, 1.54) is 15.6 Å². The normalized spacial score (nSPS) is 12.7. The van der Waals surface area contributed by atoms with Crippen LogP contribution in [0.3, 0.4) is 0 Å². The van der Waals surface area contributed by atoms with E-state index in [9.17, 15) is 8.42 Å². The van der Waals surface area contributed by atoms with E-state index in [-0.39, 0.29) is 6.04 Å². The van der Waals surface area contributed by atoms with Crippen molar-refractivity contribution in [3.8, 4) is 0 Å². The van der Waals surface area contributed by atoms with Crippen molar-refractivity contribution in [2.24, 2.45) is 0 Å². The van der Waals surface area contributed by atoms with Crippen molar-refractivity contribution in [2.75, 3.05) is 7.05 Å². The molecule has 0 spiro atoms. The Morgan fingerprint density at radius 3 is 2.33 bits per heavy atom. The first-order chi connectivity index (χ1) is 6.76. The van der Waals surface area contributed by atoms with Crippen LogP contribution in [0.5, 0.6) is 0 Å². The molecule has 0 unspecified atom stereocenters. The topological polar surface area (TPSA) is 37.4 Å². The molecule has 0 radical (unpaired) electrons. The molecule has 3 nitrogen and oxygen atoms in total. The molecule has 0 atom stereocenters. The van der Waals surface area contributed by atoms with Crippen molar-refractivity contribution in [1.29, 1.82) is 0 Å². The Kier molecular flexibility index (Phi) is 3.97. The van der Waals surface area contributed by atoms with Gasteiger partial charge in [-0.05, 0) is 48.3 Å². The van der Waals surface area contributed by atoms with Gasteiger partial charge in [0.05, 0.1) is 3.79 Å². The first kappa shape index (κ1) is 13.2. The van der Waals surface area contributed by atoms with Gasteiger partial charge in [0.2, 0.25) is 0 Å². The van der Waals surface area contributed by atoms with Crippen LogP contribution in [0.2, 0.25) is 0 Å². The average molecular weight is 312 g/mol. The minimum atomic E-state index is -3.32. The lowest BCUT2D eigenvalue weighted by molar-refractivity contribution is 0.412. The summed E-state index contributed by atoms with van der Waals surface area (Å²) >= 11 is 4.58. The third kappa shape index (κ3) is 2.61. The van der Waals surface area contributed by atoms with Gasteiger partial charge in [-0.1, -0.05) is 0 Å². The molecule has 0 saturated carbocycles. The van der Waals surface area contributed by atoms with Crippen LogP contribution in [0.1, 0.15) is 19.4 Å². The summed E-state index contributed by atoms with van der Waals surface area (Å²) in [5.41, 5.74) is 0.954. The Morgan fingerprint density at radius 2 is 2.00 bits per heavy atom. The SMILES string of the molecule is Cc1cc(S(=O)(=O)N(C)C(C)C)sc1Br. The van der Waals surface area contributed by atoms with Crippen LogP contribution in [-0.2, 0) is 10.0 Å². The highest BCUT2D eigenvalue weighted by atomic mass is 79.9.